The largest absolute Gasteiger partial charge is 0.673 e. The Morgan fingerprint density at radius 1 is 1.31 bits per heavy atom. The standard InChI is InChI=1S/C6H10N2.BF4/c1-2-5-8-6-3-4-7-8;2-1(3,4)5/h3-4,6H,2,5H2,1H3;/q;-1. The second kappa shape index (κ2) is 5.61. The summed E-state index contributed by atoms with van der Waals surface area (Å²) < 4.78 is 40.9. The second-order valence-electron chi connectivity index (χ2n) is 2.26. The van der Waals surface area contributed by atoms with Gasteiger partial charge in [-0.3, -0.25) is 4.68 Å². The normalized spacial score (nSPS) is 10.5. The maximum atomic E-state index is 9.75. The van der Waals surface area contributed by atoms with Crippen molar-refractivity contribution in [1.29, 1.82) is 0 Å². The summed E-state index contributed by atoms with van der Waals surface area (Å²) in [5.41, 5.74) is 0. The van der Waals surface area contributed by atoms with Crippen molar-refractivity contribution in [2.75, 3.05) is 0 Å². The first-order chi connectivity index (χ1) is 5.93. The van der Waals surface area contributed by atoms with E-state index in [0.717, 1.165) is 13.0 Å². The molecular weight excluding hydrogens is 187 g/mol. The molecule has 0 saturated heterocycles. The van der Waals surface area contributed by atoms with E-state index in [1.165, 1.54) is 0 Å². The van der Waals surface area contributed by atoms with E-state index in [2.05, 4.69) is 12.0 Å². The number of aromatic nitrogens is 2. The average Bonchev–Trinajstić information content (AvgIpc) is 2.36. The van der Waals surface area contributed by atoms with E-state index in [1.54, 1.807) is 6.20 Å². The molecule has 0 saturated carbocycles. The Hall–Kier alpha value is -1.01. The summed E-state index contributed by atoms with van der Waals surface area (Å²) in [5.74, 6) is 0. The third kappa shape index (κ3) is 11.0. The van der Waals surface area contributed by atoms with Crippen LogP contribution in [0.3, 0.4) is 0 Å². The molecular formula is C6H10BF4N2-. The highest BCUT2D eigenvalue weighted by atomic mass is 19.5. The van der Waals surface area contributed by atoms with E-state index >= 15 is 0 Å². The fourth-order valence-corrected chi connectivity index (χ4v) is 0.662. The fourth-order valence-electron chi connectivity index (χ4n) is 0.662. The molecule has 0 aromatic carbocycles. The van der Waals surface area contributed by atoms with E-state index in [9.17, 15) is 17.3 Å². The van der Waals surface area contributed by atoms with Crippen LogP contribution in [-0.4, -0.2) is 17.0 Å². The van der Waals surface area contributed by atoms with Crippen molar-refractivity contribution in [3.8, 4) is 0 Å². The van der Waals surface area contributed by atoms with Gasteiger partial charge in [0.25, 0.3) is 0 Å². The summed E-state index contributed by atoms with van der Waals surface area (Å²) in [5, 5.41) is 4.02. The lowest BCUT2D eigenvalue weighted by Crippen LogP contribution is -2.02. The third-order valence-corrected chi connectivity index (χ3v) is 1.01. The van der Waals surface area contributed by atoms with Crippen LogP contribution in [0.1, 0.15) is 13.3 Å². The zero-order valence-corrected chi connectivity index (χ0v) is 7.13. The highest BCUT2D eigenvalue weighted by molar-refractivity contribution is 6.50. The van der Waals surface area contributed by atoms with Gasteiger partial charge >= 0.3 is 7.25 Å². The molecule has 1 aromatic rings. The van der Waals surface area contributed by atoms with Crippen LogP contribution in [0.25, 0.3) is 0 Å². The molecule has 1 aromatic heterocycles. The summed E-state index contributed by atoms with van der Waals surface area (Å²) >= 11 is 0. The zero-order valence-electron chi connectivity index (χ0n) is 7.13. The van der Waals surface area contributed by atoms with Crippen molar-refractivity contribution >= 4 is 7.25 Å². The molecule has 0 bridgehead atoms. The molecule has 0 aliphatic rings. The molecule has 76 valence electrons. The fraction of sp³-hybridized carbons (Fsp3) is 0.500. The van der Waals surface area contributed by atoms with Gasteiger partial charge in [-0.25, -0.2) is 0 Å². The Morgan fingerprint density at radius 2 is 1.85 bits per heavy atom. The van der Waals surface area contributed by atoms with Crippen LogP contribution in [0.5, 0.6) is 0 Å². The first-order valence-corrected chi connectivity index (χ1v) is 3.78. The van der Waals surface area contributed by atoms with Crippen molar-refractivity contribution in [3.05, 3.63) is 18.5 Å². The Morgan fingerprint density at radius 3 is 2.15 bits per heavy atom. The minimum absolute atomic E-state index is 1.03. The van der Waals surface area contributed by atoms with E-state index in [0.29, 0.717) is 0 Å². The van der Waals surface area contributed by atoms with Crippen LogP contribution in [0, 0.1) is 0 Å². The number of halogens is 4. The molecule has 0 aliphatic heterocycles. The maximum Gasteiger partial charge on any atom is 0.673 e. The van der Waals surface area contributed by atoms with E-state index < -0.39 is 7.25 Å². The predicted octanol–water partition coefficient (Wildman–Crippen LogP) is 2.59. The van der Waals surface area contributed by atoms with Gasteiger partial charge in [0.15, 0.2) is 0 Å². The number of rotatable bonds is 2. The Bertz CT molecular complexity index is 203. The van der Waals surface area contributed by atoms with Gasteiger partial charge in [0.1, 0.15) is 0 Å². The number of aryl methyl sites for hydroxylation is 1. The molecule has 0 spiro atoms. The number of nitrogens with zero attached hydrogens (tertiary/aromatic N) is 2. The molecule has 0 unspecified atom stereocenters. The zero-order chi connectivity index (χ0) is 10.3. The molecule has 1 rings (SSSR count). The predicted molar refractivity (Wildman–Crippen MR) is 42.7 cm³/mol. The van der Waals surface area contributed by atoms with E-state index in [4.69, 9.17) is 0 Å². The van der Waals surface area contributed by atoms with Gasteiger partial charge in [-0.1, -0.05) is 6.92 Å². The van der Waals surface area contributed by atoms with Gasteiger partial charge in [0.2, 0.25) is 0 Å². The Kier molecular flexibility index (Phi) is 5.17. The minimum atomic E-state index is -6.00. The first-order valence-electron chi connectivity index (χ1n) is 3.78. The van der Waals surface area contributed by atoms with Crippen molar-refractivity contribution in [3.63, 3.8) is 0 Å². The molecule has 0 atom stereocenters. The molecule has 1 heterocycles. The number of hydrogen-bond acceptors (Lipinski definition) is 1. The summed E-state index contributed by atoms with van der Waals surface area (Å²) in [6.07, 6.45) is 4.93. The maximum absolute atomic E-state index is 9.75. The lowest BCUT2D eigenvalue weighted by Gasteiger charge is -1.94. The molecule has 13 heavy (non-hydrogen) atoms. The van der Waals surface area contributed by atoms with Crippen LogP contribution in [0.15, 0.2) is 18.5 Å². The smallest absolute Gasteiger partial charge is 0.418 e. The van der Waals surface area contributed by atoms with E-state index in [1.807, 2.05) is 16.9 Å². The van der Waals surface area contributed by atoms with Crippen LogP contribution < -0.4 is 0 Å². The topological polar surface area (TPSA) is 17.8 Å². The molecule has 0 amide bonds. The van der Waals surface area contributed by atoms with Gasteiger partial charge in [-0.2, -0.15) is 5.10 Å². The molecule has 0 N–H and O–H groups in total. The van der Waals surface area contributed by atoms with Crippen LogP contribution in [-0.2, 0) is 6.54 Å². The van der Waals surface area contributed by atoms with Gasteiger partial charge in [-0.15, -0.1) is 0 Å². The Labute approximate surface area is 73.7 Å². The van der Waals surface area contributed by atoms with Crippen molar-refractivity contribution in [1.82, 2.24) is 9.78 Å². The minimum Gasteiger partial charge on any atom is -0.418 e. The van der Waals surface area contributed by atoms with Crippen LogP contribution in [0.2, 0.25) is 0 Å². The molecule has 0 fully saturated rings. The van der Waals surface area contributed by atoms with Crippen molar-refractivity contribution in [2.24, 2.45) is 0 Å². The van der Waals surface area contributed by atoms with Gasteiger partial charge < -0.3 is 17.3 Å². The van der Waals surface area contributed by atoms with Gasteiger partial charge in [0, 0.05) is 18.9 Å². The highest BCUT2D eigenvalue weighted by Crippen LogP contribution is 2.06. The average molecular weight is 197 g/mol. The second-order valence-corrected chi connectivity index (χ2v) is 2.26. The van der Waals surface area contributed by atoms with E-state index in [-0.39, 0.29) is 0 Å². The van der Waals surface area contributed by atoms with Crippen LogP contribution in [0.4, 0.5) is 17.3 Å². The molecule has 2 nitrogen and oxygen atoms in total. The van der Waals surface area contributed by atoms with Gasteiger partial charge in [0.05, 0.1) is 0 Å². The molecule has 0 aliphatic carbocycles. The highest BCUT2D eigenvalue weighted by Gasteiger charge is 2.20. The monoisotopic (exact) mass is 197 g/mol. The quantitative estimate of drug-likeness (QED) is 0.526. The summed E-state index contributed by atoms with van der Waals surface area (Å²) in [6, 6.07) is 1.94. The lowest BCUT2D eigenvalue weighted by atomic mass is 10.3. The van der Waals surface area contributed by atoms with Crippen LogP contribution >= 0.6 is 0 Å². The summed E-state index contributed by atoms with van der Waals surface area (Å²) in [7, 11) is -6.00. The Balaban J connectivity index is 0.000000252. The lowest BCUT2D eigenvalue weighted by molar-refractivity contribution is 0.368. The van der Waals surface area contributed by atoms with Gasteiger partial charge in [-0.05, 0) is 12.5 Å². The number of hydrogen-bond donors (Lipinski definition) is 0. The SMILES string of the molecule is CCCn1cccn1.F[B-](F)(F)F. The third-order valence-electron chi connectivity index (χ3n) is 1.01. The van der Waals surface area contributed by atoms with Crippen molar-refractivity contribution in [2.45, 2.75) is 19.9 Å². The summed E-state index contributed by atoms with van der Waals surface area (Å²) in [4.78, 5) is 0. The molecule has 7 heteroatoms. The summed E-state index contributed by atoms with van der Waals surface area (Å²) in [6.45, 7) is 3.18. The first kappa shape index (κ1) is 12.0. The van der Waals surface area contributed by atoms with Crippen molar-refractivity contribution < 1.29 is 17.3 Å². The molecule has 0 radical (unpaired) electrons.